The van der Waals surface area contributed by atoms with Gasteiger partial charge in [0.05, 0.1) is 36.9 Å². The highest BCUT2D eigenvalue weighted by Crippen LogP contribution is 2.18. The van der Waals surface area contributed by atoms with Crippen molar-refractivity contribution in [1.82, 2.24) is 9.97 Å². The number of hydrogen-bond acceptors (Lipinski definition) is 7. The number of carbonyl (C=O) groups is 2. The van der Waals surface area contributed by atoms with Crippen LogP contribution in [0.1, 0.15) is 23.0 Å². The Labute approximate surface area is 138 Å². The molecule has 8 nitrogen and oxygen atoms in total. The Morgan fingerprint density at radius 3 is 2.92 bits per heavy atom. The molecule has 0 radical (unpaired) electrons. The maximum absolute atomic E-state index is 11.7. The molecule has 0 aliphatic rings. The van der Waals surface area contributed by atoms with Gasteiger partial charge < -0.3 is 14.5 Å². The molecule has 0 bridgehead atoms. The summed E-state index contributed by atoms with van der Waals surface area (Å²) in [6.45, 7) is 2.05. The average molecular weight is 328 g/mol. The smallest absolute Gasteiger partial charge is 0.338 e. The number of rotatable bonds is 6. The van der Waals surface area contributed by atoms with Crippen LogP contribution in [0.15, 0.2) is 46.8 Å². The molecule has 124 valence electrons. The molecule has 0 saturated carbocycles. The molecular weight excluding hydrogens is 312 g/mol. The summed E-state index contributed by atoms with van der Waals surface area (Å²) in [7, 11) is 1.30. The third-order valence-electron chi connectivity index (χ3n) is 2.80. The fraction of sp³-hybridized carbons (Fsp3) is 0.188. The Hall–Kier alpha value is -3.29. The van der Waals surface area contributed by atoms with E-state index in [1.807, 2.05) is 0 Å². The Morgan fingerprint density at radius 1 is 1.33 bits per heavy atom. The van der Waals surface area contributed by atoms with E-state index in [2.05, 4.69) is 24.9 Å². The number of azo groups is 1. The normalized spacial score (nSPS) is 11.1. The van der Waals surface area contributed by atoms with E-state index in [9.17, 15) is 9.59 Å². The summed E-state index contributed by atoms with van der Waals surface area (Å²) in [6, 6.07) is 6.60. The highest BCUT2D eigenvalue weighted by molar-refractivity contribution is 5.90. The van der Waals surface area contributed by atoms with E-state index in [0.717, 1.165) is 0 Å². The monoisotopic (exact) mass is 328 g/mol. The molecule has 24 heavy (non-hydrogen) atoms. The van der Waals surface area contributed by atoms with Crippen LogP contribution in [-0.4, -0.2) is 35.6 Å². The zero-order chi connectivity index (χ0) is 17.4. The number of ether oxygens (including phenoxy) is 2. The van der Waals surface area contributed by atoms with Crippen LogP contribution in [0.4, 0.5) is 11.6 Å². The number of benzene rings is 1. The first kappa shape index (κ1) is 17.1. The van der Waals surface area contributed by atoms with Gasteiger partial charge in [0.1, 0.15) is 0 Å². The van der Waals surface area contributed by atoms with Gasteiger partial charge in [0.2, 0.25) is 5.95 Å². The van der Waals surface area contributed by atoms with Gasteiger partial charge in [-0.2, -0.15) is 0 Å². The molecule has 1 aromatic heterocycles. The van der Waals surface area contributed by atoms with E-state index < -0.39 is 11.9 Å². The molecule has 1 heterocycles. The lowest BCUT2D eigenvalue weighted by atomic mass is 10.2. The molecule has 2 aromatic rings. The van der Waals surface area contributed by atoms with Crippen molar-refractivity contribution in [2.24, 2.45) is 10.2 Å². The van der Waals surface area contributed by atoms with Crippen molar-refractivity contribution in [2.75, 3.05) is 13.7 Å². The van der Waals surface area contributed by atoms with E-state index in [-0.39, 0.29) is 5.95 Å². The molecular formula is C16H16N4O4. The third-order valence-corrected chi connectivity index (χ3v) is 2.80. The summed E-state index contributed by atoms with van der Waals surface area (Å²) in [5.74, 6) is -0.618. The van der Waals surface area contributed by atoms with Crippen molar-refractivity contribution >= 4 is 29.7 Å². The van der Waals surface area contributed by atoms with Gasteiger partial charge >= 0.3 is 11.9 Å². The topological polar surface area (TPSA) is 106 Å². The molecule has 1 aromatic carbocycles. The number of esters is 2. The number of carbonyl (C=O) groups excluding carboxylic acids is 2. The minimum Gasteiger partial charge on any atom is -0.466 e. The molecule has 0 atom stereocenters. The molecule has 0 amide bonds. The van der Waals surface area contributed by atoms with Crippen molar-refractivity contribution in [1.29, 1.82) is 0 Å². The number of aromatic amines is 1. The fourth-order valence-electron chi connectivity index (χ4n) is 1.70. The first-order valence-corrected chi connectivity index (χ1v) is 7.12. The number of imidazole rings is 1. The maximum atomic E-state index is 11.7. The van der Waals surface area contributed by atoms with Crippen molar-refractivity contribution in [3.63, 3.8) is 0 Å². The summed E-state index contributed by atoms with van der Waals surface area (Å²) < 4.78 is 9.42. The summed E-state index contributed by atoms with van der Waals surface area (Å²) in [5, 5.41) is 7.96. The summed E-state index contributed by atoms with van der Waals surface area (Å²) >= 11 is 0. The van der Waals surface area contributed by atoms with Crippen LogP contribution in [0.5, 0.6) is 0 Å². The second-order valence-electron chi connectivity index (χ2n) is 4.49. The van der Waals surface area contributed by atoms with Crippen molar-refractivity contribution in [2.45, 2.75) is 6.92 Å². The highest BCUT2D eigenvalue weighted by Gasteiger charge is 2.06. The lowest BCUT2D eigenvalue weighted by Crippen LogP contribution is -2.03. The predicted octanol–water partition coefficient (Wildman–Crippen LogP) is 3.19. The van der Waals surface area contributed by atoms with Gasteiger partial charge in [-0.25, -0.2) is 14.6 Å². The number of H-pyrrole nitrogens is 1. The van der Waals surface area contributed by atoms with Gasteiger partial charge in [0, 0.05) is 6.08 Å². The maximum Gasteiger partial charge on any atom is 0.338 e. The molecule has 1 N–H and O–H groups in total. The molecule has 0 saturated heterocycles. The van der Waals surface area contributed by atoms with Gasteiger partial charge in [0.15, 0.2) is 0 Å². The second kappa shape index (κ2) is 8.37. The molecule has 0 spiro atoms. The number of aromatic nitrogens is 2. The van der Waals surface area contributed by atoms with E-state index in [1.54, 1.807) is 31.2 Å². The number of nitrogens with zero attached hydrogens (tertiary/aromatic N) is 3. The van der Waals surface area contributed by atoms with Gasteiger partial charge in [-0.05, 0) is 31.2 Å². The zero-order valence-electron chi connectivity index (χ0n) is 13.2. The van der Waals surface area contributed by atoms with Crippen LogP contribution in [0.2, 0.25) is 0 Å². The van der Waals surface area contributed by atoms with E-state index >= 15 is 0 Å². The SMILES string of the molecule is CCOC(=O)c1cccc(N=Nc2ncc(/C=C/C(=O)OC)[nH]2)c1. The van der Waals surface area contributed by atoms with Crippen LogP contribution in [0.3, 0.4) is 0 Å². The molecule has 0 unspecified atom stereocenters. The molecule has 0 fully saturated rings. The second-order valence-corrected chi connectivity index (χ2v) is 4.49. The minimum atomic E-state index is -0.469. The molecule has 2 rings (SSSR count). The van der Waals surface area contributed by atoms with Crippen molar-refractivity contribution in [3.8, 4) is 0 Å². The Balaban J connectivity index is 2.07. The molecule has 8 heteroatoms. The predicted molar refractivity (Wildman–Crippen MR) is 86.2 cm³/mol. The van der Waals surface area contributed by atoms with Gasteiger partial charge in [0.25, 0.3) is 0 Å². The van der Waals surface area contributed by atoms with Crippen LogP contribution in [0.25, 0.3) is 6.08 Å². The zero-order valence-corrected chi connectivity index (χ0v) is 13.2. The van der Waals surface area contributed by atoms with Gasteiger partial charge in [-0.15, -0.1) is 10.2 Å². The van der Waals surface area contributed by atoms with Crippen LogP contribution < -0.4 is 0 Å². The van der Waals surface area contributed by atoms with Crippen molar-refractivity contribution in [3.05, 3.63) is 47.8 Å². The molecule has 0 aliphatic carbocycles. The largest absolute Gasteiger partial charge is 0.466 e. The minimum absolute atomic E-state index is 0.265. The van der Waals surface area contributed by atoms with Gasteiger partial charge in [-0.1, -0.05) is 6.07 Å². The number of nitrogens with one attached hydrogen (secondary N) is 1. The standard InChI is InChI=1S/C16H16N4O4/c1-3-24-15(22)11-5-4-6-12(9-11)19-20-16-17-10-13(18-16)7-8-14(21)23-2/h4-10H,3H2,1-2H3,(H,17,18)/b8-7+,20-19?. The number of methoxy groups -OCH3 is 1. The van der Waals surface area contributed by atoms with Crippen LogP contribution in [0, 0.1) is 0 Å². The third kappa shape index (κ3) is 4.87. The van der Waals surface area contributed by atoms with Crippen LogP contribution >= 0.6 is 0 Å². The first-order chi connectivity index (χ1) is 11.6. The first-order valence-electron chi connectivity index (χ1n) is 7.12. The summed E-state index contributed by atoms with van der Waals surface area (Å²) in [6.07, 6.45) is 4.28. The summed E-state index contributed by atoms with van der Waals surface area (Å²) in [4.78, 5) is 29.6. The van der Waals surface area contributed by atoms with E-state index in [1.165, 1.54) is 25.5 Å². The fourth-order valence-corrected chi connectivity index (χ4v) is 1.70. The summed E-state index contributed by atoms with van der Waals surface area (Å²) in [5.41, 5.74) is 1.47. The Bertz CT molecular complexity index is 780. The Morgan fingerprint density at radius 2 is 2.17 bits per heavy atom. The van der Waals surface area contributed by atoms with Crippen molar-refractivity contribution < 1.29 is 19.1 Å². The number of hydrogen-bond donors (Lipinski definition) is 1. The van der Waals surface area contributed by atoms with E-state index in [4.69, 9.17) is 4.74 Å². The average Bonchev–Trinajstić information content (AvgIpc) is 3.06. The van der Waals surface area contributed by atoms with Gasteiger partial charge in [-0.3, -0.25) is 0 Å². The molecule has 0 aliphatic heterocycles. The lowest BCUT2D eigenvalue weighted by molar-refractivity contribution is -0.134. The Kier molecular flexibility index (Phi) is 5.95. The highest BCUT2D eigenvalue weighted by atomic mass is 16.5. The quantitative estimate of drug-likeness (QED) is 0.498. The van der Waals surface area contributed by atoms with E-state index in [0.29, 0.717) is 23.6 Å². The van der Waals surface area contributed by atoms with Crippen LogP contribution in [-0.2, 0) is 14.3 Å². The lowest BCUT2D eigenvalue weighted by Gasteiger charge is -2.01.